The van der Waals surface area contributed by atoms with Crippen molar-refractivity contribution in [1.82, 2.24) is 19.7 Å². The smallest absolute Gasteiger partial charge is 0.341 e. The predicted octanol–water partition coefficient (Wildman–Crippen LogP) is 7.25. The van der Waals surface area contributed by atoms with Crippen LogP contribution in [0.2, 0.25) is 15.5 Å². The minimum atomic E-state index is -0.594. The topological polar surface area (TPSA) is 105 Å². The number of nitrogens with zero attached hydrogens (tertiary/aromatic N) is 4. The lowest BCUT2D eigenvalue weighted by atomic mass is 10.2. The fraction of sp³-hybridized carbons (Fsp3) is 0.444. The van der Waals surface area contributed by atoms with Gasteiger partial charge in [0.1, 0.15) is 26.7 Å². The van der Waals surface area contributed by atoms with Crippen LogP contribution in [0.15, 0.2) is 36.5 Å². The van der Waals surface area contributed by atoms with Crippen LogP contribution in [0.3, 0.4) is 0 Å². The van der Waals surface area contributed by atoms with E-state index in [-0.39, 0.29) is 26.6 Å². The molecular formula is C27H33Cl3N4O5. The van der Waals surface area contributed by atoms with Gasteiger partial charge in [-0.2, -0.15) is 0 Å². The molecule has 0 saturated carbocycles. The zero-order chi connectivity index (χ0) is 29.5. The summed E-state index contributed by atoms with van der Waals surface area (Å²) in [5.41, 5.74) is -0.709. The molecule has 0 spiro atoms. The largest absolute Gasteiger partial charge is 0.476 e. The Morgan fingerprint density at radius 2 is 1.33 bits per heavy atom. The van der Waals surface area contributed by atoms with Gasteiger partial charge >= 0.3 is 11.9 Å². The highest BCUT2D eigenvalue weighted by molar-refractivity contribution is 6.34. The Morgan fingerprint density at radius 1 is 0.821 bits per heavy atom. The van der Waals surface area contributed by atoms with E-state index in [1.807, 2.05) is 0 Å². The lowest BCUT2D eigenvalue weighted by Gasteiger charge is -2.19. The summed E-state index contributed by atoms with van der Waals surface area (Å²) in [6.45, 7) is 15.4. The van der Waals surface area contributed by atoms with Crippen LogP contribution in [0, 0.1) is 5.92 Å². The molecule has 39 heavy (non-hydrogen) atoms. The van der Waals surface area contributed by atoms with E-state index in [1.165, 1.54) is 12.1 Å². The van der Waals surface area contributed by atoms with E-state index < -0.39 is 23.1 Å². The van der Waals surface area contributed by atoms with Crippen molar-refractivity contribution in [3.63, 3.8) is 0 Å². The minimum Gasteiger partial charge on any atom is -0.476 e. The van der Waals surface area contributed by atoms with E-state index in [1.54, 1.807) is 70.6 Å². The van der Waals surface area contributed by atoms with Crippen LogP contribution in [0.4, 0.5) is 0 Å². The maximum Gasteiger partial charge on any atom is 0.341 e. The van der Waals surface area contributed by atoms with Gasteiger partial charge in [0.25, 0.3) is 0 Å². The number of esters is 2. The fourth-order valence-corrected chi connectivity index (χ4v) is 3.35. The number of hydrogen-bond acceptors (Lipinski definition) is 8. The van der Waals surface area contributed by atoms with Crippen LogP contribution in [-0.2, 0) is 9.47 Å². The number of halogens is 3. The molecule has 0 aliphatic heterocycles. The molecule has 3 heterocycles. The molecule has 0 amide bonds. The van der Waals surface area contributed by atoms with Gasteiger partial charge in [0, 0.05) is 12.3 Å². The van der Waals surface area contributed by atoms with Crippen molar-refractivity contribution in [3.8, 4) is 11.7 Å². The van der Waals surface area contributed by atoms with Gasteiger partial charge < -0.3 is 14.2 Å². The Hall–Kier alpha value is -2.88. The van der Waals surface area contributed by atoms with E-state index >= 15 is 0 Å². The molecule has 0 aliphatic carbocycles. The van der Waals surface area contributed by atoms with Crippen molar-refractivity contribution in [3.05, 3.63) is 63.1 Å². The highest BCUT2D eigenvalue weighted by Crippen LogP contribution is 2.21. The van der Waals surface area contributed by atoms with Crippen LogP contribution in [0.5, 0.6) is 5.88 Å². The van der Waals surface area contributed by atoms with Gasteiger partial charge in [-0.05, 0) is 71.7 Å². The van der Waals surface area contributed by atoms with Gasteiger partial charge in [0.05, 0.1) is 17.7 Å². The van der Waals surface area contributed by atoms with Crippen molar-refractivity contribution < 1.29 is 23.8 Å². The number of pyridine rings is 2. The second-order valence-electron chi connectivity index (χ2n) is 10.8. The van der Waals surface area contributed by atoms with Gasteiger partial charge in [-0.1, -0.05) is 48.7 Å². The molecule has 9 nitrogen and oxygen atoms in total. The third-order valence-electron chi connectivity index (χ3n) is 4.25. The highest BCUT2D eigenvalue weighted by atomic mass is 35.5. The molecule has 0 aliphatic rings. The van der Waals surface area contributed by atoms with Crippen LogP contribution >= 0.6 is 34.8 Å². The van der Waals surface area contributed by atoms with Gasteiger partial charge in [-0.15, -0.1) is 5.10 Å². The van der Waals surface area contributed by atoms with Gasteiger partial charge in [-0.25, -0.2) is 24.2 Å². The van der Waals surface area contributed by atoms with E-state index in [2.05, 4.69) is 28.9 Å². The first-order valence-corrected chi connectivity index (χ1v) is 13.2. The second-order valence-corrected chi connectivity index (χ2v) is 11.9. The monoisotopic (exact) mass is 598 g/mol. The maximum atomic E-state index is 12.1. The third-order valence-corrected chi connectivity index (χ3v) is 5.04. The third kappa shape index (κ3) is 11.0. The molecular weight excluding hydrogens is 567 g/mol. The predicted molar refractivity (Wildman–Crippen MR) is 151 cm³/mol. The van der Waals surface area contributed by atoms with Crippen molar-refractivity contribution in [2.24, 2.45) is 5.92 Å². The molecule has 0 saturated heterocycles. The number of carbonyl (C=O) groups excluding carboxylic acids is 2. The Labute approximate surface area is 243 Å². The number of aromatic nitrogens is 4. The van der Waals surface area contributed by atoms with Gasteiger partial charge in [-0.3, -0.25) is 0 Å². The van der Waals surface area contributed by atoms with Crippen LogP contribution in [0.1, 0.15) is 76.1 Å². The molecule has 0 radical (unpaired) electrons. The number of carbonyl (C=O) groups is 2. The van der Waals surface area contributed by atoms with Crippen LogP contribution in [0.25, 0.3) is 5.82 Å². The Morgan fingerprint density at radius 3 is 1.79 bits per heavy atom. The molecule has 12 heteroatoms. The first kappa shape index (κ1) is 32.3. The SMILES string of the molecule is CC(C)(C)OC(=O)c1ccc(Cl)nc1Cl.CC(C)COc1ccn(-c2ccc(C(=O)OC(C)(C)C)c(Cl)n2)n1. The standard InChI is InChI=1S/C17H22ClN3O3.C10H11Cl2NO2/c1-11(2)10-23-14-8-9-21(20-14)13-7-6-12(15(18)19-13)16(22)24-17(3,4)5;1-10(2,3)15-9(14)6-4-5-7(11)13-8(6)12/h6-9,11H,10H2,1-5H3;4-5H,1-3H3. The summed E-state index contributed by atoms with van der Waals surface area (Å²) in [6, 6.07) is 7.97. The van der Waals surface area contributed by atoms with Gasteiger partial charge in [0.15, 0.2) is 5.82 Å². The summed E-state index contributed by atoms with van der Waals surface area (Å²) in [4.78, 5) is 31.7. The summed E-state index contributed by atoms with van der Waals surface area (Å²) >= 11 is 17.5. The minimum absolute atomic E-state index is 0.0525. The van der Waals surface area contributed by atoms with Crippen molar-refractivity contribution in [2.45, 2.75) is 66.6 Å². The summed E-state index contributed by atoms with van der Waals surface area (Å²) in [6.07, 6.45) is 1.72. The molecule has 0 fully saturated rings. The Balaban J connectivity index is 0.000000306. The summed E-state index contributed by atoms with van der Waals surface area (Å²) in [5.74, 6) is 0.407. The van der Waals surface area contributed by atoms with E-state index in [4.69, 9.17) is 49.0 Å². The lowest BCUT2D eigenvalue weighted by molar-refractivity contribution is 0.00567. The number of rotatable bonds is 6. The average Bonchev–Trinajstić information content (AvgIpc) is 3.24. The summed E-state index contributed by atoms with van der Waals surface area (Å²) < 4.78 is 17.5. The number of hydrogen-bond donors (Lipinski definition) is 0. The summed E-state index contributed by atoms with van der Waals surface area (Å²) in [5, 5.41) is 4.65. The normalized spacial score (nSPS) is 11.5. The maximum absolute atomic E-state index is 12.1. The van der Waals surface area contributed by atoms with E-state index in [0.717, 1.165) is 0 Å². The van der Waals surface area contributed by atoms with Crippen LogP contribution < -0.4 is 4.74 Å². The molecule has 0 aromatic carbocycles. The van der Waals surface area contributed by atoms with Crippen molar-refractivity contribution >= 4 is 46.7 Å². The second kappa shape index (κ2) is 13.5. The fourth-order valence-electron chi connectivity index (χ4n) is 2.70. The quantitative estimate of drug-likeness (QED) is 0.215. The molecule has 0 unspecified atom stereocenters. The zero-order valence-corrected chi connectivity index (χ0v) is 25.5. The van der Waals surface area contributed by atoms with E-state index in [0.29, 0.717) is 24.2 Å². The Kier molecular flexibility index (Phi) is 11.2. The Bertz CT molecular complexity index is 1300. The molecule has 3 rings (SSSR count). The number of ether oxygens (including phenoxy) is 3. The first-order chi connectivity index (χ1) is 17.9. The molecule has 212 valence electrons. The molecule has 3 aromatic rings. The van der Waals surface area contributed by atoms with Crippen molar-refractivity contribution in [2.75, 3.05) is 6.61 Å². The molecule has 0 N–H and O–H groups in total. The van der Waals surface area contributed by atoms with Gasteiger partial charge in [0.2, 0.25) is 5.88 Å². The zero-order valence-electron chi connectivity index (χ0n) is 23.2. The highest BCUT2D eigenvalue weighted by Gasteiger charge is 2.22. The molecule has 3 aromatic heterocycles. The average molecular weight is 600 g/mol. The molecule has 0 atom stereocenters. The van der Waals surface area contributed by atoms with E-state index in [9.17, 15) is 9.59 Å². The molecule has 0 bridgehead atoms. The first-order valence-electron chi connectivity index (χ1n) is 12.1. The van der Waals surface area contributed by atoms with Crippen molar-refractivity contribution in [1.29, 1.82) is 0 Å². The summed E-state index contributed by atoms with van der Waals surface area (Å²) in [7, 11) is 0. The van der Waals surface area contributed by atoms with Crippen LogP contribution in [-0.4, -0.2) is 49.5 Å². The lowest BCUT2D eigenvalue weighted by Crippen LogP contribution is -2.24.